The molecule has 2 amide bonds. The van der Waals surface area contributed by atoms with Crippen LogP contribution in [0.5, 0.6) is 11.5 Å². The van der Waals surface area contributed by atoms with Crippen molar-refractivity contribution in [1.82, 2.24) is 0 Å². The van der Waals surface area contributed by atoms with Gasteiger partial charge in [0.25, 0.3) is 5.91 Å². The van der Waals surface area contributed by atoms with E-state index < -0.39 is 0 Å². The third-order valence-electron chi connectivity index (χ3n) is 3.97. The predicted molar refractivity (Wildman–Crippen MR) is 117 cm³/mol. The molecule has 0 aliphatic rings. The minimum atomic E-state index is -0.387. The summed E-state index contributed by atoms with van der Waals surface area (Å²) < 4.78 is 11.1. The average Bonchev–Trinajstić information content (AvgIpc) is 2.64. The van der Waals surface area contributed by atoms with E-state index in [0.717, 1.165) is 6.42 Å². The van der Waals surface area contributed by atoms with Gasteiger partial charge in [-0.05, 0) is 42.7 Å². The highest BCUT2D eigenvalue weighted by Crippen LogP contribution is 2.37. The van der Waals surface area contributed by atoms with Crippen LogP contribution in [0.1, 0.15) is 37.6 Å². The van der Waals surface area contributed by atoms with Crippen LogP contribution in [0.3, 0.4) is 0 Å². The number of anilines is 2. The zero-order chi connectivity index (χ0) is 21.6. The Morgan fingerprint density at radius 1 is 1.07 bits per heavy atom. The lowest BCUT2D eigenvalue weighted by atomic mass is 10.1. The molecule has 0 bridgehead atoms. The number of halogens is 2. The van der Waals surface area contributed by atoms with Crippen molar-refractivity contribution < 1.29 is 19.1 Å². The third kappa shape index (κ3) is 6.54. The highest BCUT2D eigenvalue weighted by atomic mass is 35.5. The second-order valence-corrected chi connectivity index (χ2v) is 7.66. The molecule has 2 N–H and O–H groups in total. The number of nitrogens with one attached hydrogen (secondary N) is 2. The first kappa shape index (κ1) is 22.8. The van der Waals surface area contributed by atoms with Crippen LogP contribution in [-0.2, 0) is 4.79 Å². The van der Waals surface area contributed by atoms with Crippen LogP contribution < -0.4 is 20.1 Å². The van der Waals surface area contributed by atoms with Crippen LogP contribution >= 0.6 is 23.2 Å². The van der Waals surface area contributed by atoms with E-state index in [0.29, 0.717) is 46.0 Å². The topological polar surface area (TPSA) is 76.7 Å². The Hall–Kier alpha value is -2.44. The SMILES string of the molecule is COc1cc(C(=O)Nc2ccc(NC(C)=O)c(Cl)c2)cc(Cl)c1OCCC(C)C. The van der Waals surface area contributed by atoms with Crippen molar-refractivity contribution in [1.29, 1.82) is 0 Å². The lowest BCUT2D eigenvalue weighted by Gasteiger charge is -2.15. The minimum absolute atomic E-state index is 0.235. The van der Waals surface area contributed by atoms with E-state index in [2.05, 4.69) is 24.5 Å². The molecule has 0 saturated heterocycles. The molecular weight excluding hydrogens is 415 g/mol. The Morgan fingerprint density at radius 3 is 2.38 bits per heavy atom. The van der Waals surface area contributed by atoms with E-state index in [-0.39, 0.29) is 16.8 Å². The zero-order valence-electron chi connectivity index (χ0n) is 16.8. The summed E-state index contributed by atoms with van der Waals surface area (Å²) in [5, 5.41) is 5.95. The number of hydrogen-bond donors (Lipinski definition) is 2. The largest absolute Gasteiger partial charge is 0.493 e. The molecule has 2 aromatic rings. The van der Waals surface area contributed by atoms with Crippen LogP contribution in [0.2, 0.25) is 10.0 Å². The molecule has 2 rings (SSSR count). The molecule has 29 heavy (non-hydrogen) atoms. The van der Waals surface area contributed by atoms with Gasteiger partial charge in [-0.3, -0.25) is 9.59 Å². The molecule has 0 unspecified atom stereocenters. The smallest absolute Gasteiger partial charge is 0.255 e. The molecule has 2 aromatic carbocycles. The fraction of sp³-hybridized carbons (Fsp3) is 0.333. The molecule has 8 heteroatoms. The van der Waals surface area contributed by atoms with Gasteiger partial charge in [0.1, 0.15) is 0 Å². The van der Waals surface area contributed by atoms with E-state index in [1.807, 2.05) is 0 Å². The molecule has 6 nitrogen and oxygen atoms in total. The Kier molecular flexibility index (Phi) is 8.17. The quantitative estimate of drug-likeness (QED) is 0.558. The van der Waals surface area contributed by atoms with Gasteiger partial charge in [0.2, 0.25) is 5.91 Å². The average molecular weight is 439 g/mol. The fourth-order valence-electron chi connectivity index (χ4n) is 2.47. The standard InChI is InChI=1S/C21H24Cl2N2O4/c1-12(2)7-8-29-20-17(23)9-14(10-19(20)28-4)21(27)25-15-5-6-18(16(22)11-15)24-13(3)26/h5-6,9-12H,7-8H2,1-4H3,(H,24,26)(H,25,27). The molecule has 0 radical (unpaired) electrons. The van der Waals surface area contributed by atoms with E-state index in [1.165, 1.54) is 20.1 Å². The summed E-state index contributed by atoms with van der Waals surface area (Å²) >= 11 is 12.5. The van der Waals surface area contributed by atoms with Gasteiger partial charge in [-0.15, -0.1) is 0 Å². The monoisotopic (exact) mass is 438 g/mol. The normalized spacial score (nSPS) is 10.6. The highest BCUT2D eigenvalue weighted by molar-refractivity contribution is 6.34. The maximum Gasteiger partial charge on any atom is 0.255 e. The summed E-state index contributed by atoms with van der Waals surface area (Å²) in [7, 11) is 1.49. The van der Waals surface area contributed by atoms with Crippen LogP contribution in [0.25, 0.3) is 0 Å². The second-order valence-electron chi connectivity index (χ2n) is 6.85. The van der Waals surface area contributed by atoms with Crippen molar-refractivity contribution in [2.45, 2.75) is 27.2 Å². The van der Waals surface area contributed by atoms with Gasteiger partial charge in [0.05, 0.1) is 29.4 Å². The summed E-state index contributed by atoms with van der Waals surface area (Å²) in [5.41, 5.74) is 1.25. The van der Waals surface area contributed by atoms with Crippen LogP contribution in [-0.4, -0.2) is 25.5 Å². The van der Waals surface area contributed by atoms with Gasteiger partial charge >= 0.3 is 0 Å². The lowest BCUT2D eigenvalue weighted by Crippen LogP contribution is -2.13. The first-order valence-corrected chi connectivity index (χ1v) is 9.85. The molecule has 156 valence electrons. The van der Waals surface area contributed by atoms with Crippen molar-refractivity contribution >= 4 is 46.4 Å². The van der Waals surface area contributed by atoms with Crippen LogP contribution in [0.15, 0.2) is 30.3 Å². The maximum atomic E-state index is 12.6. The summed E-state index contributed by atoms with van der Waals surface area (Å²) in [4.78, 5) is 23.8. The Labute approximate surface area is 180 Å². The minimum Gasteiger partial charge on any atom is -0.493 e. The molecule has 0 aromatic heterocycles. The van der Waals surface area contributed by atoms with E-state index in [4.69, 9.17) is 32.7 Å². The number of methoxy groups -OCH3 is 1. The molecule has 0 fully saturated rings. The van der Waals surface area contributed by atoms with Crippen LogP contribution in [0.4, 0.5) is 11.4 Å². The number of benzene rings is 2. The van der Waals surface area contributed by atoms with Crippen molar-refractivity contribution in [3.8, 4) is 11.5 Å². The number of hydrogen-bond acceptors (Lipinski definition) is 4. The molecule has 0 spiro atoms. The lowest BCUT2D eigenvalue weighted by molar-refractivity contribution is -0.114. The van der Waals surface area contributed by atoms with E-state index >= 15 is 0 Å². The van der Waals surface area contributed by atoms with Crippen molar-refractivity contribution in [3.05, 3.63) is 45.9 Å². The maximum absolute atomic E-state index is 12.6. The third-order valence-corrected chi connectivity index (χ3v) is 4.56. The summed E-state index contributed by atoms with van der Waals surface area (Å²) in [6, 6.07) is 7.89. The number of rotatable bonds is 8. The first-order valence-electron chi connectivity index (χ1n) is 9.10. The molecular formula is C21H24Cl2N2O4. The Bertz CT molecular complexity index is 900. The van der Waals surface area contributed by atoms with Gasteiger partial charge in [-0.25, -0.2) is 0 Å². The zero-order valence-corrected chi connectivity index (χ0v) is 18.3. The Balaban J connectivity index is 2.17. The van der Waals surface area contributed by atoms with Gasteiger partial charge in [-0.2, -0.15) is 0 Å². The second kappa shape index (κ2) is 10.4. The molecule has 0 aliphatic carbocycles. The number of carbonyl (C=O) groups excluding carboxylic acids is 2. The number of ether oxygens (including phenoxy) is 2. The highest BCUT2D eigenvalue weighted by Gasteiger charge is 2.17. The number of carbonyl (C=O) groups is 2. The molecule has 0 atom stereocenters. The molecule has 0 aliphatic heterocycles. The van der Waals surface area contributed by atoms with E-state index in [1.54, 1.807) is 24.3 Å². The van der Waals surface area contributed by atoms with Gasteiger partial charge < -0.3 is 20.1 Å². The number of amides is 2. The van der Waals surface area contributed by atoms with Gasteiger partial charge in [0.15, 0.2) is 11.5 Å². The van der Waals surface area contributed by atoms with Crippen molar-refractivity contribution in [2.24, 2.45) is 5.92 Å². The fourth-order valence-corrected chi connectivity index (χ4v) is 2.97. The molecule has 0 saturated carbocycles. The first-order chi connectivity index (χ1) is 13.7. The molecule has 0 heterocycles. The summed E-state index contributed by atoms with van der Waals surface area (Å²) in [6.45, 7) is 6.09. The van der Waals surface area contributed by atoms with Crippen LogP contribution in [0, 0.1) is 5.92 Å². The van der Waals surface area contributed by atoms with E-state index in [9.17, 15) is 9.59 Å². The summed E-state index contributed by atoms with van der Waals surface area (Å²) in [6.07, 6.45) is 0.872. The Morgan fingerprint density at radius 2 is 1.79 bits per heavy atom. The predicted octanol–water partition coefficient (Wildman–Crippen LogP) is 5.64. The summed E-state index contributed by atoms with van der Waals surface area (Å²) in [5.74, 6) is 0.664. The van der Waals surface area contributed by atoms with Gasteiger partial charge in [-0.1, -0.05) is 37.0 Å². The van der Waals surface area contributed by atoms with Gasteiger partial charge in [0, 0.05) is 18.2 Å². The van der Waals surface area contributed by atoms with Crippen molar-refractivity contribution in [2.75, 3.05) is 24.4 Å². The van der Waals surface area contributed by atoms with Crippen molar-refractivity contribution in [3.63, 3.8) is 0 Å².